The molecule has 0 aromatic heterocycles. The van der Waals surface area contributed by atoms with E-state index >= 15 is 0 Å². The van der Waals surface area contributed by atoms with Crippen LogP contribution in [0, 0.1) is 5.92 Å². The number of aliphatic hydroxyl groups excluding tert-OH is 1. The Balaban J connectivity index is 1.80. The quantitative estimate of drug-likeness (QED) is 0.0512. The van der Waals surface area contributed by atoms with Crippen LogP contribution >= 0.6 is 0 Å². The highest BCUT2D eigenvalue weighted by Crippen LogP contribution is 2.21. The molecule has 0 aliphatic carbocycles. The average molecular weight is 866 g/mol. The third-order valence-corrected chi connectivity index (χ3v) is 10.1. The first-order valence-corrected chi connectivity index (χ1v) is 20.5. The number of carbonyl (C=O) groups excluding carboxylic acids is 8. The predicted octanol–water partition coefficient (Wildman–Crippen LogP) is -2.13. The van der Waals surface area contributed by atoms with Crippen molar-refractivity contribution >= 4 is 53.2 Å². The number of carboxylic acids is 1. The van der Waals surface area contributed by atoms with Crippen molar-refractivity contribution < 1.29 is 53.4 Å². The Hall–Kier alpha value is -6.41. The molecule has 3 rings (SSSR count). The van der Waals surface area contributed by atoms with Crippen molar-refractivity contribution in [3.05, 3.63) is 71.8 Å². The van der Waals surface area contributed by atoms with Gasteiger partial charge in [0, 0.05) is 32.2 Å². The Kier molecular flexibility index (Phi) is 19.9. The van der Waals surface area contributed by atoms with E-state index in [1.165, 1.54) is 4.90 Å². The largest absolute Gasteiger partial charge is 0.480 e. The molecule has 1 aliphatic heterocycles. The second-order valence-electron chi connectivity index (χ2n) is 15.6. The second kappa shape index (κ2) is 24.7. The number of primary amides is 2. The maximum absolute atomic E-state index is 14.0. The molecule has 1 aliphatic rings. The van der Waals surface area contributed by atoms with Crippen molar-refractivity contribution in [1.82, 2.24) is 31.5 Å². The number of likely N-dealkylation sites (tertiary alicyclic amines) is 1. The van der Waals surface area contributed by atoms with Crippen molar-refractivity contribution in [2.75, 3.05) is 13.2 Å². The number of nitrogens with two attached hydrogens (primary N) is 3. The van der Waals surface area contributed by atoms with Gasteiger partial charge in [-0.05, 0) is 49.1 Å². The Bertz CT molecular complexity index is 1880. The van der Waals surface area contributed by atoms with Crippen LogP contribution in [0.5, 0.6) is 0 Å². The topological polar surface area (TPSA) is 336 Å². The number of carboxylic acid groups (broad SMARTS) is 1. The first-order valence-electron chi connectivity index (χ1n) is 20.5. The predicted molar refractivity (Wildman–Crippen MR) is 224 cm³/mol. The summed E-state index contributed by atoms with van der Waals surface area (Å²) < 4.78 is 0. The van der Waals surface area contributed by atoms with Crippen molar-refractivity contribution in [3.8, 4) is 0 Å². The van der Waals surface area contributed by atoms with E-state index in [1.54, 1.807) is 74.5 Å². The number of carbonyl (C=O) groups is 9. The zero-order chi connectivity index (χ0) is 45.9. The van der Waals surface area contributed by atoms with Gasteiger partial charge in [0.15, 0.2) is 0 Å². The van der Waals surface area contributed by atoms with Gasteiger partial charge in [0.05, 0.1) is 12.6 Å². The third kappa shape index (κ3) is 16.2. The highest BCUT2D eigenvalue weighted by atomic mass is 16.4. The monoisotopic (exact) mass is 865 g/mol. The summed E-state index contributed by atoms with van der Waals surface area (Å²) >= 11 is 0. The van der Waals surface area contributed by atoms with E-state index in [0.717, 1.165) is 0 Å². The number of hydrogen-bond donors (Lipinski definition) is 10. The molecule has 20 heteroatoms. The number of amides is 8. The molecule has 338 valence electrons. The summed E-state index contributed by atoms with van der Waals surface area (Å²) in [6.45, 7) is 2.71. The first kappa shape index (κ1) is 49.9. The van der Waals surface area contributed by atoms with Crippen molar-refractivity contribution in [2.45, 2.75) is 114 Å². The smallest absolute Gasteiger partial charge is 0.326 e. The minimum absolute atomic E-state index is 0.0203. The molecule has 1 fully saturated rings. The van der Waals surface area contributed by atoms with Crippen LogP contribution in [0.25, 0.3) is 0 Å². The number of hydrogen-bond acceptors (Lipinski definition) is 11. The fourth-order valence-corrected chi connectivity index (χ4v) is 6.85. The third-order valence-electron chi connectivity index (χ3n) is 10.1. The summed E-state index contributed by atoms with van der Waals surface area (Å²) in [5.41, 5.74) is 17.7. The number of aliphatic carboxylic acids is 1. The summed E-state index contributed by atoms with van der Waals surface area (Å²) in [7, 11) is 0. The number of nitrogens with zero attached hydrogens (tertiary/aromatic N) is 1. The van der Waals surface area contributed by atoms with Gasteiger partial charge in [0.1, 0.15) is 36.3 Å². The maximum Gasteiger partial charge on any atom is 0.326 e. The first-order chi connectivity index (χ1) is 29.4. The zero-order valence-electron chi connectivity index (χ0n) is 34.9. The molecule has 0 saturated carbocycles. The number of nitrogens with one attached hydrogen (secondary N) is 5. The van der Waals surface area contributed by atoms with Crippen LogP contribution in [0.15, 0.2) is 60.7 Å². The number of benzene rings is 2. The minimum Gasteiger partial charge on any atom is -0.480 e. The lowest BCUT2D eigenvalue weighted by molar-refractivity contribution is -0.145. The van der Waals surface area contributed by atoms with E-state index in [-0.39, 0.29) is 63.8 Å². The van der Waals surface area contributed by atoms with Crippen LogP contribution in [-0.4, -0.2) is 124 Å². The molecule has 0 spiro atoms. The second-order valence-corrected chi connectivity index (χ2v) is 15.6. The van der Waals surface area contributed by atoms with Crippen LogP contribution in [-0.2, 0) is 56.0 Å². The van der Waals surface area contributed by atoms with Crippen molar-refractivity contribution in [3.63, 3.8) is 0 Å². The molecule has 7 atom stereocenters. The zero-order valence-corrected chi connectivity index (χ0v) is 34.9. The Morgan fingerprint density at radius 3 is 1.68 bits per heavy atom. The van der Waals surface area contributed by atoms with Crippen LogP contribution in [0.4, 0.5) is 0 Å². The molecule has 2 aromatic rings. The fraction of sp³-hybridized carbons (Fsp3) is 0.500. The summed E-state index contributed by atoms with van der Waals surface area (Å²) in [4.78, 5) is 118. The average Bonchev–Trinajstić information content (AvgIpc) is 3.73. The molecule has 1 heterocycles. The minimum atomic E-state index is -1.69. The summed E-state index contributed by atoms with van der Waals surface area (Å²) in [6, 6.07) is 7.91. The molecule has 13 N–H and O–H groups in total. The summed E-state index contributed by atoms with van der Waals surface area (Å²) in [6.07, 6.45) is -0.339. The summed E-state index contributed by atoms with van der Waals surface area (Å²) in [5, 5.41) is 32.8. The van der Waals surface area contributed by atoms with Crippen LogP contribution < -0.4 is 43.8 Å². The lowest BCUT2D eigenvalue weighted by atomic mass is 10.00. The van der Waals surface area contributed by atoms with E-state index < -0.39 is 102 Å². The molecular weight excluding hydrogens is 807 g/mol. The van der Waals surface area contributed by atoms with Gasteiger partial charge in [-0.3, -0.25) is 38.4 Å². The van der Waals surface area contributed by atoms with E-state index in [0.29, 0.717) is 17.5 Å². The molecule has 20 nitrogen and oxygen atoms in total. The molecule has 62 heavy (non-hydrogen) atoms. The molecule has 0 unspecified atom stereocenters. The lowest BCUT2D eigenvalue weighted by Gasteiger charge is -2.30. The molecule has 0 radical (unpaired) electrons. The fourth-order valence-electron chi connectivity index (χ4n) is 6.85. The molecule has 2 aromatic carbocycles. The van der Waals surface area contributed by atoms with Gasteiger partial charge in [-0.15, -0.1) is 0 Å². The van der Waals surface area contributed by atoms with Gasteiger partial charge < -0.3 is 58.9 Å². The van der Waals surface area contributed by atoms with E-state index in [4.69, 9.17) is 17.2 Å². The Morgan fingerprint density at radius 1 is 0.661 bits per heavy atom. The van der Waals surface area contributed by atoms with E-state index in [9.17, 15) is 53.4 Å². The van der Waals surface area contributed by atoms with Crippen molar-refractivity contribution in [2.24, 2.45) is 23.1 Å². The van der Waals surface area contributed by atoms with E-state index in [2.05, 4.69) is 26.6 Å². The molecule has 0 bridgehead atoms. The van der Waals surface area contributed by atoms with Gasteiger partial charge >= 0.3 is 5.97 Å². The van der Waals surface area contributed by atoms with Gasteiger partial charge in [-0.2, -0.15) is 0 Å². The molecule has 1 saturated heterocycles. The van der Waals surface area contributed by atoms with Crippen LogP contribution in [0.3, 0.4) is 0 Å². The van der Waals surface area contributed by atoms with Gasteiger partial charge in [-0.25, -0.2) is 4.79 Å². The Morgan fingerprint density at radius 2 is 1.15 bits per heavy atom. The number of rotatable bonds is 25. The van der Waals surface area contributed by atoms with Crippen LogP contribution in [0.2, 0.25) is 0 Å². The molecule has 8 amide bonds. The molecular formula is C42H59N9O11. The van der Waals surface area contributed by atoms with Gasteiger partial charge in [0.2, 0.25) is 47.3 Å². The Labute approximate surface area is 359 Å². The van der Waals surface area contributed by atoms with Crippen LogP contribution in [0.1, 0.15) is 69.9 Å². The number of aliphatic hydroxyl groups is 1. The van der Waals surface area contributed by atoms with Gasteiger partial charge in [-0.1, -0.05) is 74.5 Å². The normalized spacial score (nSPS) is 16.4. The highest BCUT2D eigenvalue weighted by molar-refractivity contribution is 5.97. The van der Waals surface area contributed by atoms with E-state index in [1.807, 2.05) is 0 Å². The maximum atomic E-state index is 14.0. The highest BCUT2D eigenvalue weighted by Gasteiger charge is 2.40. The van der Waals surface area contributed by atoms with Crippen molar-refractivity contribution in [1.29, 1.82) is 0 Å². The van der Waals surface area contributed by atoms with Gasteiger partial charge in [0.25, 0.3) is 0 Å². The lowest BCUT2D eigenvalue weighted by Crippen LogP contribution is -2.60. The standard InChI is InChI=1S/C42H59N9O11/c1-24(2)20-29(47-36(55)27(43)15-17-34(44)53)37(56)48-30(21-25-10-5-3-6-11-25)38(57)50-32(23-52)39(58)46-28(16-18-35(45)54)41(60)51-19-9-14-33(51)40(59)49-31(42(61)62)22-26-12-7-4-8-13-26/h3-8,10-13,24,27-33,52H,9,14-23,43H2,1-2H3,(H2,44,53)(H2,45,54)(H,46,58)(H,47,55)(H,48,56)(H,49,59)(H,50,57)(H,61,62)/t27-,28-,29-,30-,31-,32-,33-/m0/s1. The SMILES string of the molecule is CC(C)C[C@H](NC(=O)[C@@H](N)CCC(N)=O)C(=O)N[C@@H](Cc1ccccc1)C(=O)N[C@@H](CO)C(=O)N[C@@H](CCC(N)=O)C(=O)N1CCC[C@H]1C(=O)N[C@@H](Cc1ccccc1)C(=O)O. The summed E-state index contributed by atoms with van der Waals surface area (Å²) in [5.74, 6) is -7.81.